The number of nitrogens with one attached hydrogen (secondary N) is 2. The number of ether oxygens (including phenoxy) is 1. The Bertz CT molecular complexity index is 311. The lowest BCUT2D eigenvalue weighted by atomic mass is 10.1. The van der Waals surface area contributed by atoms with Crippen LogP contribution in [0.25, 0.3) is 0 Å². The van der Waals surface area contributed by atoms with E-state index < -0.39 is 0 Å². The van der Waals surface area contributed by atoms with E-state index in [0.717, 1.165) is 58.5 Å². The fourth-order valence-corrected chi connectivity index (χ4v) is 3.32. The van der Waals surface area contributed by atoms with Crippen LogP contribution in [-0.4, -0.2) is 62.3 Å². The van der Waals surface area contributed by atoms with Crippen molar-refractivity contribution in [2.24, 2.45) is 0 Å². The third-order valence-electron chi connectivity index (χ3n) is 4.73. The van der Waals surface area contributed by atoms with Crippen LogP contribution in [0.1, 0.15) is 51.9 Å². The van der Waals surface area contributed by atoms with Crippen LogP contribution in [0.2, 0.25) is 0 Å². The van der Waals surface area contributed by atoms with Gasteiger partial charge in [-0.25, -0.2) is 0 Å². The van der Waals surface area contributed by atoms with Gasteiger partial charge in [-0.1, -0.05) is 25.7 Å². The molecule has 128 valence electrons. The van der Waals surface area contributed by atoms with Crippen LogP contribution in [-0.2, 0) is 9.53 Å². The maximum atomic E-state index is 12.1. The Morgan fingerprint density at radius 3 is 2.59 bits per heavy atom. The van der Waals surface area contributed by atoms with Gasteiger partial charge in [-0.2, -0.15) is 0 Å². The zero-order chi connectivity index (χ0) is 15.6. The maximum absolute atomic E-state index is 12.1. The summed E-state index contributed by atoms with van der Waals surface area (Å²) in [6, 6.07) is 0. The summed E-state index contributed by atoms with van der Waals surface area (Å²) in [7, 11) is 0. The minimum absolute atomic E-state index is 0.0459. The summed E-state index contributed by atoms with van der Waals surface area (Å²) >= 11 is 0. The number of carbonyl (C=O) groups excluding carboxylic acids is 1. The zero-order valence-corrected chi connectivity index (χ0v) is 14.1. The molecule has 2 rings (SSSR count). The Kier molecular flexibility index (Phi) is 8.20. The van der Waals surface area contributed by atoms with Crippen LogP contribution in [0.4, 0.5) is 0 Å². The number of carbonyl (C=O) groups is 1. The van der Waals surface area contributed by atoms with E-state index in [-0.39, 0.29) is 18.1 Å². The number of piperazine rings is 1. The fourth-order valence-electron chi connectivity index (χ4n) is 3.32. The van der Waals surface area contributed by atoms with Gasteiger partial charge < -0.3 is 20.3 Å². The predicted molar refractivity (Wildman–Crippen MR) is 89.0 cm³/mol. The molecule has 5 nitrogen and oxygen atoms in total. The highest BCUT2D eigenvalue weighted by atomic mass is 16.5. The molecule has 0 spiro atoms. The molecule has 2 fully saturated rings. The van der Waals surface area contributed by atoms with Crippen molar-refractivity contribution in [2.45, 2.75) is 64.1 Å². The lowest BCUT2D eigenvalue weighted by Gasteiger charge is -2.27. The lowest BCUT2D eigenvalue weighted by molar-refractivity contribution is -0.135. The minimum atomic E-state index is -0.317. The van der Waals surface area contributed by atoms with Crippen LogP contribution in [0.15, 0.2) is 0 Å². The molecule has 5 heteroatoms. The van der Waals surface area contributed by atoms with Crippen molar-refractivity contribution >= 4 is 5.91 Å². The Labute approximate surface area is 135 Å². The topological polar surface area (TPSA) is 53.6 Å². The zero-order valence-electron chi connectivity index (χ0n) is 14.1. The van der Waals surface area contributed by atoms with Crippen LogP contribution in [0, 0.1) is 0 Å². The molecule has 0 radical (unpaired) electrons. The van der Waals surface area contributed by atoms with E-state index in [1.807, 2.05) is 6.92 Å². The Morgan fingerprint density at radius 2 is 1.91 bits per heavy atom. The normalized spacial score (nSPS) is 23.0. The molecule has 0 aromatic rings. The quantitative estimate of drug-likeness (QED) is 0.553. The van der Waals surface area contributed by atoms with Gasteiger partial charge in [0.15, 0.2) is 0 Å². The molecular formula is C17H33N3O2. The average molecular weight is 311 g/mol. The largest absolute Gasteiger partial charge is 0.365 e. The first-order chi connectivity index (χ1) is 10.8. The van der Waals surface area contributed by atoms with Crippen molar-refractivity contribution in [3.05, 3.63) is 0 Å². The van der Waals surface area contributed by atoms with E-state index in [1.54, 1.807) is 0 Å². The molecule has 1 amide bonds. The smallest absolute Gasteiger partial charge is 0.248 e. The first-order valence-corrected chi connectivity index (χ1v) is 9.12. The number of nitrogens with zero attached hydrogens (tertiary/aromatic N) is 1. The molecule has 1 saturated heterocycles. The molecule has 1 aliphatic carbocycles. The van der Waals surface area contributed by atoms with Crippen molar-refractivity contribution in [2.75, 3.05) is 39.3 Å². The van der Waals surface area contributed by atoms with Gasteiger partial charge >= 0.3 is 0 Å². The van der Waals surface area contributed by atoms with Crippen LogP contribution in [0.5, 0.6) is 0 Å². The Morgan fingerprint density at radius 1 is 1.23 bits per heavy atom. The molecule has 22 heavy (non-hydrogen) atoms. The summed E-state index contributed by atoms with van der Waals surface area (Å²) in [4.78, 5) is 14.5. The summed E-state index contributed by atoms with van der Waals surface area (Å²) in [5.41, 5.74) is 0. The van der Waals surface area contributed by atoms with Gasteiger partial charge in [0.1, 0.15) is 6.10 Å². The number of amides is 1. The van der Waals surface area contributed by atoms with Gasteiger partial charge in [0.25, 0.3) is 0 Å². The molecule has 0 bridgehead atoms. The highest BCUT2D eigenvalue weighted by Crippen LogP contribution is 2.20. The third kappa shape index (κ3) is 6.63. The molecule has 1 aliphatic heterocycles. The van der Waals surface area contributed by atoms with E-state index in [0.29, 0.717) is 0 Å². The second-order valence-corrected chi connectivity index (χ2v) is 6.63. The van der Waals surface area contributed by atoms with Crippen LogP contribution < -0.4 is 10.6 Å². The van der Waals surface area contributed by atoms with E-state index in [9.17, 15) is 4.79 Å². The van der Waals surface area contributed by atoms with Gasteiger partial charge in [-0.05, 0) is 32.7 Å². The average Bonchev–Trinajstić information content (AvgIpc) is 2.81. The predicted octanol–water partition coefficient (Wildman–Crippen LogP) is 1.53. The monoisotopic (exact) mass is 311 g/mol. The summed E-state index contributed by atoms with van der Waals surface area (Å²) in [6.07, 6.45) is 8.31. The second kappa shape index (κ2) is 10.2. The van der Waals surface area contributed by atoms with Crippen molar-refractivity contribution in [1.82, 2.24) is 15.5 Å². The first-order valence-electron chi connectivity index (χ1n) is 9.12. The number of hydrogen-bond donors (Lipinski definition) is 2. The maximum Gasteiger partial charge on any atom is 0.248 e. The standard InChI is InChI=1S/C17H33N3O2/c1-15(22-16-7-4-2-3-5-8-16)17(21)19-9-6-12-20-13-10-18-11-14-20/h15-16,18H,2-14H2,1H3,(H,19,21). The number of hydrogen-bond acceptors (Lipinski definition) is 4. The summed E-state index contributed by atoms with van der Waals surface area (Å²) < 4.78 is 5.95. The van der Waals surface area contributed by atoms with Crippen molar-refractivity contribution in [1.29, 1.82) is 0 Å². The molecule has 1 unspecified atom stereocenters. The van der Waals surface area contributed by atoms with Gasteiger partial charge in [-0.3, -0.25) is 4.79 Å². The Hall–Kier alpha value is -0.650. The van der Waals surface area contributed by atoms with Crippen LogP contribution in [0.3, 0.4) is 0 Å². The SMILES string of the molecule is CC(OC1CCCCCC1)C(=O)NCCCN1CCNCC1. The van der Waals surface area contributed by atoms with Gasteiger partial charge in [0.2, 0.25) is 5.91 Å². The molecule has 1 saturated carbocycles. The Balaban J connectivity index is 1.55. The highest BCUT2D eigenvalue weighted by Gasteiger charge is 2.20. The first kappa shape index (κ1) is 17.7. The van der Waals surface area contributed by atoms with E-state index >= 15 is 0 Å². The molecule has 1 atom stereocenters. The molecule has 0 aromatic heterocycles. The molecule has 0 aromatic carbocycles. The minimum Gasteiger partial charge on any atom is -0.365 e. The van der Waals surface area contributed by atoms with Gasteiger partial charge in [0, 0.05) is 32.7 Å². The molecule has 2 aliphatic rings. The van der Waals surface area contributed by atoms with Gasteiger partial charge in [0.05, 0.1) is 6.10 Å². The lowest BCUT2D eigenvalue weighted by Crippen LogP contribution is -2.44. The van der Waals surface area contributed by atoms with Crippen molar-refractivity contribution < 1.29 is 9.53 Å². The van der Waals surface area contributed by atoms with Gasteiger partial charge in [-0.15, -0.1) is 0 Å². The molecule has 1 heterocycles. The molecular weight excluding hydrogens is 278 g/mol. The summed E-state index contributed by atoms with van der Waals surface area (Å²) in [6.45, 7) is 8.11. The highest BCUT2D eigenvalue weighted by molar-refractivity contribution is 5.80. The van der Waals surface area contributed by atoms with E-state index in [1.165, 1.54) is 25.7 Å². The summed E-state index contributed by atoms with van der Waals surface area (Å²) in [5.74, 6) is 0.0459. The number of rotatable bonds is 7. The fraction of sp³-hybridized carbons (Fsp3) is 0.941. The van der Waals surface area contributed by atoms with E-state index in [4.69, 9.17) is 4.74 Å². The van der Waals surface area contributed by atoms with Crippen LogP contribution >= 0.6 is 0 Å². The summed E-state index contributed by atoms with van der Waals surface area (Å²) in [5, 5.41) is 6.37. The van der Waals surface area contributed by atoms with Crippen molar-refractivity contribution in [3.63, 3.8) is 0 Å². The van der Waals surface area contributed by atoms with Crippen molar-refractivity contribution in [3.8, 4) is 0 Å². The second-order valence-electron chi connectivity index (χ2n) is 6.63. The molecule has 2 N–H and O–H groups in total. The third-order valence-corrected chi connectivity index (χ3v) is 4.73. The van der Waals surface area contributed by atoms with E-state index in [2.05, 4.69) is 15.5 Å².